The molecule has 4 aromatic rings. The molecule has 0 bridgehead atoms. The number of carbonyl (C=O) groups excluding carboxylic acids is 2. The van der Waals surface area contributed by atoms with E-state index < -0.39 is 40.8 Å². The fraction of sp³-hybridized carbons (Fsp3) is 0.0870. The van der Waals surface area contributed by atoms with E-state index in [0.717, 1.165) is 17.0 Å². The summed E-state index contributed by atoms with van der Waals surface area (Å²) in [6, 6.07) is 14.2. The van der Waals surface area contributed by atoms with Gasteiger partial charge in [0.15, 0.2) is 0 Å². The SMILES string of the molecule is O=C1C(=O)N(c2ccc3nc[nH]c3c2)C(c2c(F)ccc(Cl)c2F)C1c1ccccc1. The van der Waals surface area contributed by atoms with Gasteiger partial charge in [0.05, 0.1) is 34.3 Å². The van der Waals surface area contributed by atoms with Crippen LogP contribution in [-0.4, -0.2) is 21.7 Å². The Morgan fingerprint density at radius 3 is 2.55 bits per heavy atom. The van der Waals surface area contributed by atoms with E-state index in [1.54, 1.807) is 48.5 Å². The van der Waals surface area contributed by atoms with Crippen molar-refractivity contribution in [2.75, 3.05) is 4.90 Å². The van der Waals surface area contributed by atoms with E-state index in [1.165, 1.54) is 6.33 Å². The molecule has 1 aliphatic rings. The van der Waals surface area contributed by atoms with Crippen molar-refractivity contribution >= 4 is 40.0 Å². The summed E-state index contributed by atoms with van der Waals surface area (Å²) in [4.78, 5) is 34.4. The molecule has 0 saturated carbocycles. The van der Waals surface area contributed by atoms with E-state index in [2.05, 4.69) is 9.97 Å². The molecule has 31 heavy (non-hydrogen) atoms. The lowest BCUT2D eigenvalue weighted by Crippen LogP contribution is -2.30. The number of fused-ring (bicyclic) bond motifs is 1. The Labute approximate surface area is 180 Å². The van der Waals surface area contributed by atoms with Gasteiger partial charge in [-0.25, -0.2) is 13.8 Å². The van der Waals surface area contributed by atoms with E-state index in [0.29, 0.717) is 22.3 Å². The maximum absolute atomic E-state index is 15.1. The topological polar surface area (TPSA) is 66.1 Å². The molecule has 3 aromatic carbocycles. The second kappa shape index (κ2) is 7.28. The predicted octanol–water partition coefficient (Wildman–Crippen LogP) is 4.94. The first-order valence-corrected chi connectivity index (χ1v) is 9.84. The zero-order valence-electron chi connectivity index (χ0n) is 15.9. The maximum atomic E-state index is 15.1. The number of nitrogens with zero attached hydrogens (tertiary/aromatic N) is 2. The molecule has 5 nitrogen and oxygen atoms in total. The maximum Gasteiger partial charge on any atom is 0.295 e. The molecular formula is C23H14ClF2N3O2. The quantitative estimate of drug-likeness (QED) is 0.365. The fourth-order valence-electron chi connectivity index (χ4n) is 4.13. The summed E-state index contributed by atoms with van der Waals surface area (Å²) in [7, 11) is 0. The van der Waals surface area contributed by atoms with Crippen LogP contribution in [0.25, 0.3) is 11.0 Å². The van der Waals surface area contributed by atoms with Gasteiger partial charge < -0.3 is 4.98 Å². The predicted molar refractivity (Wildman–Crippen MR) is 112 cm³/mol. The number of rotatable bonds is 3. The smallest absolute Gasteiger partial charge is 0.295 e. The first kappa shape index (κ1) is 19.4. The summed E-state index contributed by atoms with van der Waals surface area (Å²) < 4.78 is 30.1. The van der Waals surface area contributed by atoms with Crippen LogP contribution < -0.4 is 4.90 Å². The lowest BCUT2D eigenvalue weighted by Gasteiger charge is -2.28. The Morgan fingerprint density at radius 2 is 1.77 bits per heavy atom. The molecule has 2 atom stereocenters. The van der Waals surface area contributed by atoms with Gasteiger partial charge in [0.2, 0.25) is 5.78 Å². The standard InChI is InChI=1S/C23H14ClF2N3O2/c24-14-7-8-15(25)19(20(14)26)21-18(12-4-2-1-3-5-12)22(30)23(31)29(21)13-6-9-16-17(10-13)28-11-27-16/h1-11,18,21H,(H,27,28). The van der Waals surface area contributed by atoms with Crippen molar-refractivity contribution in [3.05, 3.63) is 94.8 Å². The minimum Gasteiger partial charge on any atom is -0.345 e. The van der Waals surface area contributed by atoms with Crippen molar-refractivity contribution in [1.29, 1.82) is 0 Å². The number of nitrogens with one attached hydrogen (secondary N) is 1. The Kier molecular flexibility index (Phi) is 4.55. The summed E-state index contributed by atoms with van der Waals surface area (Å²) in [5, 5.41) is -0.293. The van der Waals surface area contributed by atoms with Gasteiger partial charge in [-0.2, -0.15) is 0 Å². The Balaban J connectivity index is 1.77. The number of halogens is 3. The number of imidazole rings is 1. The minimum atomic E-state index is -1.25. The average Bonchev–Trinajstić information content (AvgIpc) is 3.34. The first-order valence-electron chi connectivity index (χ1n) is 9.46. The Morgan fingerprint density at radius 1 is 1.00 bits per heavy atom. The van der Waals surface area contributed by atoms with E-state index in [-0.39, 0.29) is 5.02 Å². The van der Waals surface area contributed by atoms with E-state index in [4.69, 9.17) is 11.6 Å². The lowest BCUT2D eigenvalue weighted by atomic mass is 9.86. The highest BCUT2D eigenvalue weighted by Gasteiger charge is 2.51. The molecule has 1 saturated heterocycles. The van der Waals surface area contributed by atoms with Crippen LogP contribution in [0.4, 0.5) is 14.5 Å². The van der Waals surface area contributed by atoms with Gasteiger partial charge >= 0.3 is 0 Å². The number of amides is 1. The summed E-state index contributed by atoms with van der Waals surface area (Å²) in [6.07, 6.45) is 1.49. The second-order valence-electron chi connectivity index (χ2n) is 7.23. The summed E-state index contributed by atoms with van der Waals surface area (Å²) in [5.74, 6) is -4.59. The van der Waals surface area contributed by atoms with Crippen LogP contribution >= 0.6 is 11.6 Å². The van der Waals surface area contributed by atoms with E-state index in [1.807, 2.05) is 0 Å². The van der Waals surface area contributed by atoms with Crippen LogP contribution in [0.5, 0.6) is 0 Å². The van der Waals surface area contributed by atoms with Crippen LogP contribution in [0.15, 0.2) is 67.0 Å². The van der Waals surface area contributed by atoms with Gasteiger partial charge in [0.25, 0.3) is 5.91 Å². The van der Waals surface area contributed by atoms with Crippen LogP contribution in [0.2, 0.25) is 5.02 Å². The van der Waals surface area contributed by atoms with Crippen molar-refractivity contribution < 1.29 is 18.4 Å². The van der Waals surface area contributed by atoms with Crippen molar-refractivity contribution in [2.24, 2.45) is 0 Å². The number of hydrogen-bond acceptors (Lipinski definition) is 3. The van der Waals surface area contributed by atoms with Crippen molar-refractivity contribution in [3.8, 4) is 0 Å². The number of hydrogen-bond donors (Lipinski definition) is 1. The van der Waals surface area contributed by atoms with Gasteiger partial charge in [-0.05, 0) is 35.9 Å². The van der Waals surface area contributed by atoms with Gasteiger partial charge in [0.1, 0.15) is 11.6 Å². The number of benzene rings is 3. The van der Waals surface area contributed by atoms with Gasteiger partial charge in [-0.1, -0.05) is 41.9 Å². The molecule has 2 heterocycles. The van der Waals surface area contributed by atoms with Gasteiger partial charge in [-0.3, -0.25) is 14.5 Å². The number of anilines is 1. The fourth-order valence-corrected chi connectivity index (χ4v) is 4.29. The normalized spacial score (nSPS) is 18.9. The third kappa shape index (κ3) is 3.00. The first-order chi connectivity index (χ1) is 15.0. The third-order valence-corrected chi connectivity index (χ3v) is 5.81. The molecule has 154 valence electrons. The van der Waals surface area contributed by atoms with Crippen molar-refractivity contribution in [2.45, 2.75) is 12.0 Å². The second-order valence-corrected chi connectivity index (χ2v) is 7.64. The van der Waals surface area contributed by atoms with E-state index >= 15 is 4.39 Å². The number of H-pyrrole nitrogens is 1. The molecule has 0 aliphatic carbocycles. The van der Waals surface area contributed by atoms with Gasteiger partial charge in [0, 0.05) is 11.3 Å². The van der Waals surface area contributed by atoms with Crippen LogP contribution in [0.1, 0.15) is 23.1 Å². The molecule has 1 N–H and O–H groups in total. The minimum absolute atomic E-state index is 0.293. The van der Waals surface area contributed by atoms with Gasteiger partial charge in [-0.15, -0.1) is 0 Å². The molecule has 1 amide bonds. The largest absolute Gasteiger partial charge is 0.345 e. The zero-order chi connectivity index (χ0) is 21.7. The van der Waals surface area contributed by atoms with Crippen LogP contribution in [0, 0.1) is 11.6 Å². The number of Topliss-reactive ketones (excluding diaryl/α,β-unsaturated/α-hetero) is 1. The highest BCUT2D eigenvalue weighted by molar-refractivity contribution is 6.46. The number of ketones is 1. The molecule has 1 aliphatic heterocycles. The highest BCUT2D eigenvalue weighted by atomic mass is 35.5. The summed E-state index contributed by atoms with van der Waals surface area (Å²) in [5.41, 5.74) is 1.64. The number of aromatic amines is 1. The molecule has 0 radical (unpaired) electrons. The summed E-state index contributed by atoms with van der Waals surface area (Å²) >= 11 is 5.94. The Hall–Kier alpha value is -3.58. The molecular weight excluding hydrogens is 424 g/mol. The molecule has 1 fully saturated rings. The van der Waals surface area contributed by atoms with E-state index in [9.17, 15) is 14.0 Å². The third-order valence-electron chi connectivity index (χ3n) is 5.52. The van der Waals surface area contributed by atoms with Crippen LogP contribution in [-0.2, 0) is 9.59 Å². The molecule has 2 unspecified atom stereocenters. The molecule has 1 aromatic heterocycles. The average molecular weight is 438 g/mol. The number of carbonyl (C=O) groups is 2. The molecule has 8 heteroatoms. The molecule has 0 spiro atoms. The van der Waals surface area contributed by atoms with Crippen LogP contribution in [0.3, 0.4) is 0 Å². The molecule has 5 rings (SSSR count). The van der Waals surface area contributed by atoms with Crippen molar-refractivity contribution in [1.82, 2.24) is 9.97 Å². The summed E-state index contributed by atoms with van der Waals surface area (Å²) in [6.45, 7) is 0. The number of aromatic nitrogens is 2. The lowest BCUT2D eigenvalue weighted by molar-refractivity contribution is -0.134. The monoisotopic (exact) mass is 437 g/mol. The Bertz CT molecular complexity index is 1340. The zero-order valence-corrected chi connectivity index (χ0v) is 16.6. The van der Waals surface area contributed by atoms with Crippen molar-refractivity contribution in [3.63, 3.8) is 0 Å². The highest BCUT2D eigenvalue weighted by Crippen LogP contribution is 2.47.